The van der Waals surface area contributed by atoms with E-state index < -0.39 is 10.8 Å². The van der Waals surface area contributed by atoms with Gasteiger partial charge < -0.3 is 9.47 Å². The fraction of sp³-hybridized carbons (Fsp3) is 0.455. The maximum absolute atomic E-state index is 10.9. The van der Waals surface area contributed by atoms with Crippen molar-refractivity contribution in [1.29, 1.82) is 0 Å². The zero-order valence-corrected chi connectivity index (χ0v) is 9.51. The van der Waals surface area contributed by atoms with E-state index in [0.717, 1.165) is 30.1 Å². The van der Waals surface area contributed by atoms with E-state index in [0.29, 0.717) is 6.79 Å². The Morgan fingerprint density at radius 1 is 1.33 bits per heavy atom. The quantitative estimate of drug-likeness (QED) is 0.784. The second-order valence-corrected chi connectivity index (χ2v) is 5.12. The number of benzene rings is 1. The van der Waals surface area contributed by atoms with Crippen molar-refractivity contribution in [3.8, 4) is 11.5 Å². The van der Waals surface area contributed by atoms with Gasteiger partial charge in [0.1, 0.15) is 0 Å². The molecule has 3 nitrogen and oxygen atoms in total. The van der Waals surface area contributed by atoms with Gasteiger partial charge in [-0.3, -0.25) is 4.21 Å². The van der Waals surface area contributed by atoms with Crippen molar-refractivity contribution >= 4 is 10.8 Å². The van der Waals surface area contributed by atoms with Crippen LogP contribution in [0, 0.1) is 0 Å². The highest BCUT2D eigenvalue weighted by atomic mass is 32.2. The van der Waals surface area contributed by atoms with E-state index in [9.17, 15) is 4.21 Å². The lowest BCUT2D eigenvalue weighted by Gasteiger charge is -2.02. The maximum Gasteiger partial charge on any atom is 0.231 e. The van der Waals surface area contributed by atoms with Gasteiger partial charge in [-0.05, 0) is 30.5 Å². The van der Waals surface area contributed by atoms with Crippen molar-refractivity contribution in [3.05, 3.63) is 23.8 Å². The predicted octanol–water partition coefficient (Wildman–Crippen LogP) is 1.73. The molecule has 0 radical (unpaired) electrons. The highest BCUT2D eigenvalue weighted by Crippen LogP contribution is 2.32. The van der Waals surface area contributed by atoms with Crippen LogP contribution in [0.4, 0.5) is 0 Å². The van der Waals surface area contributed by atoms with E-state index >= 15 is 0 Å². The monoisotopic (exact) mass is 226 g/mol. The van der Waals surface area contributed by atoms with Gasteiger partial charge in [0, 0.05) is 22.8 Å². The molecule has 0 aromatic heterocycles. The van der Waals surface area contributed by atoms with Crippen LogP contribution in [0.25, 0.3) is 0 Å². The van der Waals surface area contributed by atoms with Crippen LogP contribution < -0.4 is 9.47 Å². The van der Waals surface area contributed by atoms with Gasteiger partial charge >= 0.3 is 0 Å². The summed E-state index contributed by atoms with van der Waals surface area (Å²) in [6.07, 6.45) is 3.62. The molecule has 1 heterocycles. The second-order valence-electron chi connectivity index (χ2n) is 3.57. The molecule has 1 aromatic carbocycles. The summed E-state index contributed by atoms with van der Waals surface area (Å²) < 4.78 is 21.4. The Labute approximate surface area is 91.9 Å². The largest absolute Gasteiger partial charge is 0.454 e. The Hall–Kier alpha value is -1.03. The normalized spacial score (nSPS) is 15.3. The van der Waals surface area contributed by atoms with E-state index in [1.54, 1.807) is 6.26 Å². The van der Waals surface area contributed by atoms with Gasteiger partial charge in [0.05, 0.1) is 0 Å². The van der Waals surface area contributed by atoms with Crippen LogP contribution in [-0.4, -0.2) is 23.0 Å². The van der Waals surface area contributed by atoms with Crippen LogP contribution in [0.3, 0.4) is 0 Å². The summed E-state index contributed by atoms with van der Waals surface area (Å²) in [4.78, 5) is 0. The number of hydrogen-bond acceptors (Lipinski definition) is 3. The minimum absolute atomic E-state index is 0.317. The predicted molar refractivity (Wildman–Crippen MR) is 59.8 cm³/mol. The summed E-state index contributed by atoms with van der Waals surface area (Å²) in [5.41, 5.74) is 1.21. The number of aryl methyl sites for hydroxylation is 1. The summed E-state index contributed by atoms with van der Waals surface area (Å²) >= 11 is 0. The van der Waals surface area contributed by atoms with E-state index in [-0.39, 0.29) is 0 Å². The van der Waals surface area contributed by atoms with Crippen LogP contribution in [0.15, 0.2) is 18.2 Å². The third-order valence-electron chi connectivity index (χ3n) is 2.33. The lowest BCUT2D eigenvalue weighted by Crippen LogP contribution is -1.96. The second kappa shape index (κ2) is 4.66. The molecule has 2 rings (SSSR count). The lowest BCUT2D eigenvalue weighted by molar-refractivity contribution is 0.174. The smallest absolute Gasteiger partial charge is 0.231 e. The molecule has 15 heavy (non-hydrogen) atoms. The Kier molecular flexibility index (Phi) is 3.26. The Morgan fingerprint density at radius 3 is 2.93 bits per heavy atom. The molecule has 1 atom stereocenters. The fourth-order valence-electron chi connectivity index (χ4n) is 1.58. The number of ether oxygens (including phenoxy) is 2. The molecular formula is C11H14O3S. The fourth-order valence-corrected chi connectivity index (χ4v) is 2.13. The zero-order chi connectivity index (χ0) is 10.7. The molecular weight excluding hydrogens is 212 g/mol. The van der Waals surface area contributed by atoms with E-state index in [4.69, 9.17) is 9.47 Å². The van der Waals surface area contributed by atoms with Gasteiger partial charge in [-0.2, -0.15) is 0 Å². The highest BCUT2D eigenvalue weighted by Gasteiger charge is 2.12. The summed E-state index contributed by atoms with van der Waals surface area (Å²) in [5.74, 6) is 2.40. The summed E-state index contributed by atoms with van der Waals surface area (Å²) in [7, 11) is -0.694. The van der Waals surface area contributed by atoms with Crippen LogP contribution in [0.2, 0.25) is 0 Å². The third kappa shape index (κ3) is 2.72. The van der Waals surface area contributed by atoms with Crippen molar-refractivity contribution in [2.45, 2.75) is 12.8 Å². The minimum atomic E-state index is -0.694. The lowest BCUT2D eigenvalue weighted by atomic mass is 10.1. The van der Waals surface area contributed by atoms with Gasteiger partial charge in [-0.15, -0.1) is 0 Å². The first kappa shape index (κ1) is 10.5. The summed E-state index contributed by atoms with van der Waals surface area (Å²) in [5, 5.41) is 0. The van der Waals surface area contributed by atoms with E-state index in [1.165, 1.54) is 5.56 Å². The molecule has 0 saturated carbocycles. The van der Waals surface area contributed by atoms with Gasteiger partial charge in [-0.1, -0.05) is 6.07 Å². The minimum Gasteiger partial charge on any atom is -0.454 e. The molecule has 0 bridgehead atoms. The van der Waals surface area contributed by atoms with Gasteiger partial charge in [-0.25, -0.2) is 0 Å². The molecule has 1 aliphatic rings. The highest BCUT2D eigenvalue weighted by molar-refractivity contribution is 7.84. The number of rotatable bonds is 4. The molecule has 4 heteroatoms. The average Bonchev–Trinajstić information content (AvgIpc) is 2.64. The van der Waals surface area contributed by atoms with Crippen LogP contribution in [-0.2, 0) is 17.2 Å². The van der Waals surface area contributed by atoms with Gasteiger partial charge in [0.2, 0.25) is 6.79 Å². The first-order valence-corrected chi connectivity index (χ1v) is 6.67. The van der Waals surface area contributed by atoms with Crippen LogP contribution in [0.5, 0.6) is 11.5 Å². The molecule has 1 aliphatic heterocycles. The zero-order valence-electron chi connectivity index (χ0n) is 8.69. The van der Waals surface area contributed by atoms with Crippen LogP contribution in [0.1, 0.15) is 12.0 Å². The van der Waals surface area contributed by atoms with Crippen molar-refractivity contribution in [1.82, 2.24) is 0 Å². The first-order chi connectivity index (χ1) is 7.25. The average molecular weight is 226 g/mol. The molecule has 0 spiro atoms. The SMILES string of the molecule is CS(=O)CCCc1ccc2c(c1)OCO2. The first-order valence-electron chi connectivity index (χ1n) is 4.94. The van der Waals surface area contributed by atoms with E-state index in [2.05, 4.69) is 0 Å². The van der Waals surface area contributed by atoms with Gasteiger partial charge in [0.25, 0.3) is 0 Å². The summed E-state index contributed by atoms with van der Waals surface area (Å²) in [6.45, 7) is 0.317. The molecule has 0 amide bonds. The molecule has 0 fully saturated rings. The molecule has 1 aromatic rings. The molecule has 0 aliphatic carbocycles. The van der Waals surface area contributed by atoms with Crippen molar-refractivity contribution in [3.63, 3.8) is 0 Å². The van der Waals surface area contributed by atoms with Crippen LogP contribution >= 0.6 is 0 Å². The van der Waals surface area contributed by atoms with Crippen molar-refractivity contribution in [2.75, 3.05) is 18.8 Å². The molecule has 0 saturated heterocycles. The van der Waals surface area contributed by atoms with Gasteiger partial charge in [0.15, 0.2) is 11.5 Å². The number of hydrogen-bond donors (Lipinski definition) is 0. The molecule has 0 N–H and O–H groups in total. The summed E-state index contributed by atoms with van der Waals surface area (Å²) in [6, 6.07) is 5.97. The van der Waals surface area contributed by atoms with Crippen molar-refractivity contribution in [2.24, 2.45) is 0 Å². The molecule has 1 unspecified atom stereocenters. The Morgan fingerprint density at radius 2 is 2.13 bits per heavy atom. The third-order valence-corrected chi connectivity index (χ3v) is 3.20. The standard InChI is InChI=1S/C11H14O3S/c1-15(12)6-2-3-9-4-5-10-11(7-9)14-8-13-10/h4-5,7H,2-3,6,8H2,1H3. The Balaban J connectivity index is 1.95. The topological polar surface area (TPSA) is 35.5 Å². The molecule has 82 valence electrons. The van der Waals surface area contributed by atoms with Crippen molar-refractivity contribution < 1.29 is 13.7 Å². The number of fused-ring (bicyclic) bond motifs is 1. The Bertz CT molecular complexity index is 376. The van der Waals surface area contributed by atoms with E-state index in [1.807, 2.05) is 18.2 Å². The maximum atomic E-state index is 10.9.